The Hall–Kier alpha value is -4.52. The molecule has 0 radical (unpaired) electrons. The maximum absolute atomic E-state index is 4.64. The van der Waals surface area contributed by atoms with E-state index in [0.29, 0.717) is 0 Å². The molecule has 160 valence electrons. The highest BCUT2D eigenvalue weighted by atomic mass is 15.2. The Morgan fingerprint density at radius 2 is 1.76 bits per heavy atom. The van der Waals surface area contributed by atoms with Crippen LogP contribution in [0.15, 0.2) is 85.7 Å². The number of nitrogens with one attached hydrogen (secondary N) is 1. The number of hydrogen-bond acceptors (Lipinski definition) is 5. The van der Waals surface area contributed by atoms with Crippen molar-refractivity contribution in [1.29, 1.82) is 0 Å². The monoisotopic (exact) mass is 431 g/mol. The third kappa shape index (κ3) is 3.40. The van der Waals surface area contributed by atoms with Crippen LogP contribution in [0.4, 0.5) is 11.4 Å². The number of benzene rings is 2. The van der Waals surface area contributed by atoms with Gasteiger partial charge in [0.05, 0.1) is 28.6 Å². The summed E-state index contributed by atoms with van der Waals surface area (Å²) in [6, 6.07) is 16.7. The lowest BCUT2D eigenvalue weighted by atomic mass is 10.0. The smallest absolute Gasteiger partial charge is 0.0968 e. The number of pyridine rings is 1. The van der Waals surface area contributed by atoms with E-state index >= 15 is 0 Å². The minimum atomic E-state index is 0.830. The van der Waals surface area contributed by atoms with Crippen molar-refractivity contribution in [1.82, 2.24) is 29.3 Å². The highest BCUT2D eigenvalue weighted by molar-refractivity contribution is 5.97. The van der Waals surface area contributed by atoms with Gasteiger partial charge in [0, 0.05) is 67.4 Å². The lowest BCUT2D eigenvalue weighted by molar-refractivity contribution is 0.768. The Morgan fingerprint density at radius 1 is 0.848 bits per heavy atom. The summed E-state index contributed by atoms with van der Waals surface area (Å²) in [5.41, 5.74) is 8.61. The molecule has 0 aliphatic heterocycles. The van der Waals surface area contributed by atoms with Gasteiger partial charge in [0.1, 0.15) is 0 Å². The summed E-state index contributed by atoms with van der Waals surface area (Å²) >= 11 is 0. The normalized spacial score (nSPS) is 11.3. The molecule has 0 unspecified atom stereocenters. The fourth-order valence-corrected chi connectivity index (χ4v) is 4.23. The number of aryl methyl sites for hydroxylation is 2. The van der Waals surface area contributed by atoms with E-state index in [1.807, 2.05) is 37.6 Å². The van der Waals surface area contributed by atoms with E-state index in [1.165, 1.54) is 10.9 Å². The van der Waals surface area contributed by atoms with Gasteiger partial charge < -0.3 is 9.88 Å². The fraction of sp³-hybridized carbons (Fsp3) is 0.0769. The van der Waals surface area contributed by atoms with Crippen molar-refractivity contribution in [2.24, 2.45) is 14.1 Å². The van der Waals surface area contributed by atoms with E-state index in [2.05, 4.69) is 73.5 Å². The molecule has 7 heteroatoms. The standard InChI is InChI=1S/C26H21N7/c1-32-11-7-17-5-6-18(12-24(17)32)21-13-20(14-23-26(21)29-10-9-27-23)31-22-4-3-8-28-25(22)19-15-30-33(2)16-19/h3-16,31H,1-2H3. The van der Waals surface area contributed by atoms with Crippen LogP contribution in [-0.2, 0) is 14.1 Å². The lowest BCUT2D eigenvalue weighted by Crippen LogP contribution is -1.97. The van der Waals surface area contributed by atoms with Gasteiger partial charge in [0.15, 0.2) is 0 Å². The first-order valence-electron chi connectivity index (χ1n) is 10.7. The highest BCUT2D eigenvalue weighted by Crippen LogP contribution is 2.34. The number of anilines is 2. The SMILES string of the molecule is Cn1cc(-c2ncccc2Nc2cc(-c3ccc4ccn(C)c4c3)c3nccnc3c2)cn1. The van der Waals surface area contributed by atoms with Crippen molar-refractivity contribution in [2.75, 3.05) is 5.32 Å². The van der Waals surface area contributed by atoms with Gasteiger partial charge in [-0.15, -0.1) is 0 Å². The molecule has 2 aromatic carbocycles. The van der Waals surface area contributed by atoms with Crippen molar-refractivity contribution in [3.63, 3.8) is 0 Å². The predicted molar refractivity (Wildman–Crippen MR) is 131 cm³/mol. The molecule has 0 fully saturated rings. The Balaban J connectivity index is 1.49. The molecule has 33 heavy (non-hydrogen) atoms. The lowest BCUT2D eigenvalue weighted by Gasteiger charge is -2.13. The maximum atomic E-state index is 4.64. The summed E-state index contributed by atoms with van der Waals surface area (Å²) in [4.78, 5) is 13.8. The zero-order valence-electron chi connectivity index (χ0n) is 18.3. The number of nitrogens with zero attached hydrogens (tertiary/aromatic N) is 6. The van der Waals surface area contributed by atoms with E-state index in [1.54, 1.807) is 23.3 Å². The second-order valence-electron chi connectivity index (χ2n) is 8.08. The third-order valence-electron chi connectivity index (χ3n) is 5.84. The molecule has 0 amide bonds. The molecule has 6 aromatic rings. The van der Waals surface area contributed by atoms with Crippen LogP contribution in [-0.4, -0.2) is 29.3 Å². The van der Waals surface area contributed by atoms with Gasteiger partial charge in [0.25, 0.3) is 0 Å². The average molecular weight is 432 g/mol. The van der Waals surface area contributed by atoms with Crippen molar-refractivity contribution in [3.05, 3.63) is 85.7 Å². The molecule has 6 rings (SSSR count). The molecule has 4 aromatic heterocycles. The van der Waals surface area contributed by atoms with E-state index in [4.69, 9.17) is 0 Å². The first-order chi connectivity index (χ1) is 16.2. The molecule has 0 aliphatic rings. The van der Waals surface area contributed by atoms with Gasteiger partial charge in [0.2, 0.25) is 0 Å². The topological polar surface area (TPSA) is 73.5 Å². The fourth-order valence-electron chi connectivity index (χ4n) is 4.23. The molecule has 4 heterocycles. The van der Waals surface area contributed by atoms with Gasteiger partial charge in [-0.2, -0.15) is 5.10 Å². The van der Waals surface area contributed by atoms with Crippen LogP contribution < -0.4 is 5.32 Å². The number of rotatable bonds is 4. The van der Waals surface area contributed by atoms with Crippen LogP contribution in [0, 0.1) is 0 Å². The van der Waals surface area contributed by atoms with Crippen LogP contribution in [0.1, 0.15) is 0 Å². The molecule has 0 atom stereocenters. The first-order valence-corrected chi connectivity index (χ1v) is 10.7. The largest absolute Gasteiger partial charge is 0.354 e. The third-order valence-corrected chi connectivity index (χ3v) is 5.84. The summed E-state index contributed by atoms with van der Waals surface area (Å²) in [6.45, 7) is 0. The van der Waals surface area contributed by atoms with E-state index in [0.717, 1.165) is 44.8 Å². The van der Waals surface area contributed by atoms with Crippen LogP contribution in [0.25, 0.3) is 44.3 Å². The van der Waals surface area contributed by atoms with Crippen LogP contribution in [0.3, 0.4) is 0 Å². The molecule has 0 spiro atoms. The summed E-state index contributed by atoms with van der Waals surface area (Å²) < 4.78 is 3.90. The van der Waals surface area contributed by atoms with Crippen molar-refractivity contribution in [2.45, 2.75) is 0 Å². The zero-order chi connectivity index (χ0) is 22.4. The molecule has 1 N–H and O–H groups in total. The highest BCUT2D eigenvalue weighted by Gasteiger charge is 2.13. The van der Waals surface area contributed by atoms with Crippen molar-refractivity contribution < 1.29 is 0 Å². The molecule has 7 nitrogen and oxygen atoms in total. The van der Waals surface area contributed by atoms with Gasteiger partial charge in [-0.3, -0.25) is 19.6 Å². The summed E-state index contributed by atoms with van der Waals surface area (Å²) in [5.74, 6) is 0. The second kappa shape index (κ2) is 7.56. The van der Waals surface area contributed by atoms with Crippen LogP contribution in [0.5, 0.6) is 0 Å². The van der Waals surface area contributed by atoms with Crippen LogP contribution in [0.2, 0.25) is 0 Å². The summed E-state index contributed by atoms with van der Waals surface area (Å²) in [7, 11) is 3.96. The number of aromatic nitrogens is 6. The Kier molecular flexibility index (Phi) is 4.40. The quantitative estimate of drug-likeness (QED) is 0.409. The Labute approximate surface area is 190 Å². The Bertz CT molecular complexity index is 1630. The number of fused-ring (bicyclic) bond motifs is 2. The van der Waals surface area contributed by atoms with Crippen molar-refractivity contribution in [3.8, 4) is 22.4 Å². The van der Waals surface area contributed by atoms with Crippen molar-refractivity contribution >= 4 is 33.3 Å². The molecule has 0 saturated carbocycles. The minimum Gasteiger partial charge on any atom is -0.354 e. The van der Waals surface area contributed by atoms with Gasteiger partial charge in [-0.25, -0.2) is 0 Å². The van der Waals surface area contributed by atoms with Gasteiger partial charge in [-0.05, 0) is 47.3 Å². The molecule has 0 saturated heterocycles. The molecular weight excluding hydrogens is 410 g/mol. The van der Waals surface area contributed by atoms with Gasteiger partial charge in [-0.1, -0.05) is 12.1 Å². The maximum Gasteiger partial charge on any atom is 0.0968 e. The summed E-state index contributed by atoms with van der Waals surface area (Å²) in [6.07, 6.45) is 11.1. The molecular formula is C26H21N7. The Morgan fingerprint density at radius 3 is 2.64 bits per heavy atom. The van der Waals surface area contributed by atoms with Gasteiger partial charge >= 0.3 is 0 Å². The average Bonchev–Trinajstić information content (AvgIpc) is 3.44. The minimum absolute atomic E-state index is 0.830. The van der Waals surface area contributed by atoms with E-state index in [-0.39, 0.29) is 0 Å². The summed E-state index contributed by atoms with van der Waals surface area (Å²) in [5, 5.41) is 9.06. The predicted octanol–water partition coefficient (Wildman–Crippen LogP) is 5.33. The molecule has 0 bridgehead atoms. The second-order valence-corrected chi connectivity index (χ2v) is 8.08. The zero-order valence-corrected chi connectivity index (χ0v) is 18.3. The van der Waals surface area contributed by atoms with E-state index in [9.17, 15) is 0 Å². The van der Waals surface area contributed by atoms with E-state index < -0.39 is 0 Å². The first kappa shape index (κ1) is 19.2. The van der Waals surface area contributed by atoms with Crippen LogP contribution >= 0.6 is 0 Å². The number of hydrogen-bond donors (Lipinski definition) is 1. The molecule has 0 aliphatic carbocycles.